The fourth-order valence-corrected chi connectivity index (χ4v) is 7.87. The van der Waals surface area contributed by atoms with Gasteiger partial charge < -0.3 is 4.57 Å². The smallest absolute Gasteiger partial charge is 0.0547 e. The highest BCUT2D eigenvalue weighted by Gasteiger charge is 2.17. The van der Waals surface area contributed by atoms with Crippen LogP contribution in [0.1, 0.15) is 0 Å². The monoisotopic (exact) mass is 551 g/mol. The lowest BCUT2D eigenvalue weighted by atomic mass is 9.98. The van der Waals surface area contributed by atoms with Gasteiger partial charge in [0.2, 0.25) is 0 Å². The molecule has 196 valence electrons. The van der Waals surface area contributed by atoms with Crippen molar-refractivity contribution in [2.45, 2.75) is 0 Å². The predicted octanol–water partition coefficient (Wildman–Crippen LogP) is 11.7. The van der Waals surface area contributed by atoms with Crippen LogP contribution >= 0.6 is 11.3 Å². The van der Waals surface area contributed by atoms with Gasteiger partial charge in [0.15, 0.2) is 0 Å². The highest BCUT2D eigenvalue weighted by atomic mass is 32.1. The van der Waals surface area contributed by atoms with E-state index >= 15 is 0 Å². The molecule has 0 bridgehead atoms. The molecule has 0 aliphatic heterocycles. The van der Waals surface area contributed by atoms with Crippen molar-refractivity contribution < 1.29 is 0 Å². The van der Waals surface area contributed by atoms with Gasteiger partial charge in [-0.3, -0.25) is 0 Å². The Morgan fingerprint density at radius 1 is 0.357 bits per heavy atom. The van der Waals surface area contributed by atoms with Gasteiger partial charge in [-0.25, -0.2) is 0 Å². The number of para-hydroxylation sites is 1. The van der Waals surface area contributed by atoms with Crippen LogP contribution in [0.4, 0.5) is 0 Å². The molecular formula is C40H25NS. The lowest BCUT2D eigenvalue weighted by Gasteiger charge is -2.09. The third-order valence-corrected chi connectivity index (χ3v) is 9.75. The minimum absolute atomic E-state index is 1.17. The maximum Gasteiger partial charge on any atom is 0.0547 e. The summed E-state index contributed by atoms with van der Waals surface area (Å²) in [6.45, 7) is 0. The molecule has 7 aromatic carbocycles. The molecule has 0 aliphatic carbocycles. The molecule has 0 spiro atoms. The van der Waals surface area contributed by atoms with Crippen LogP contribution in [0.5, 0.6) is 0 Å². The minimum Gasteiger partial charge on any atom is -0.309 e. The van der Waals surface area contributed by atoms with Gasteiger partial charge in [-0.05, 0) is 85.6 Å². The molecule has 42 heavy (non-hydrogen) atoms. The maximum atomic E-state index is 2.47. The highest BCUT2D eigenvalue weighted by molar-refractivity contribution is 7.24. The van der Waals surface area contributed by atoms with Gasteiger partial charge in [-0.2, -0.15) is 0 Å². The van der Waals surface area contributed by atoms with Gasteiger partial charge in [-0.15, -0.1) is 11.3 Å². The second-order valence-electron chi connectivity index (χ2n) is 10.9. The summed E-state index contributed by atoms with van der Waals surface area (Å²) < 4.78 is 4.99. The largest absolute Gasteiger partial charge is 0.309 e. The first kappa shape index (κ1) is 23.5. The second kappa shape index (κ2) is 9.17. The molecule has 2 aromatic heterocycles. The van der Waals surface area contributed by atoms with E-state index in [1.807, 2.05) is 11.3 Å². The molecule has 0 amide bonds. The topological polar surface area (TPSA) is 4.93 Å². The Labute approximate surface area is 246 Å². The van der Waals surface area contributed by atoms with Gasteiger partial charge in [0.1, 0.15) is 0 Å². The lowest BCUT2D eigenvalue weighted by molar-refractivity contribution is 1.18. The third kappa shape index (κ3) is 3.43. The number of rotatable bonds is 1. The lowest BCUT2D eigenvalue weighted by Crippen LogP contribution is -1.93. The summed E-state index contributed by atoms with van der Waals surface area (Å²) in [7, 11) is 0. The molecule has 0 saturated carbocycles. The number of hydrogen-bond donors (Lipinski definition) is 0. The van der Waals surface area contributed by atoms with Crippen molar-refractivity contribution in [2.75, 3.05) is 0 Å². The summed E-state index contributed by atoms with van der Waals surface area (Å²) in [4.78, 5) is 0. The zero-order valence-electron chi connectivity index (χ0n) is 22.8. The first-order valence-corrected chi connectivity index (χ1v) is 15.2. The van der Waals surface area contributed by atoms with Crippen LogP contribution in [0, 0.1) is 0 Å². The Morgan fingerprint density at radius 3 is 1.64 bits per heavy atom. The molecule has 1 nitrogen and oxygen atoms in total. The van der Waals surface area contributed by atoms with Crippen molar-refractivity contribution in [2.24, 2.45) is 0 Å². The van der Waals surface area contributed by atoms with E-state index < -0.39 is 0 Å². The summed E-state index contributed by atoms with van der Waals surface area (Å²) in [6.07, 6.45) is 0. The van der Waals surface area contributed by atoms with E-state index in [-0.39, 0.29) is 0 Å². The van der Waals surface area contributed by atoms with Crippen LogP contribution in [0.3, 0.4) is 0 Å². The molecule has 2 heterocycles. The minimum atomic E-state index is 1.17. The summed E-state index contributed by atoms with van der Waals surface area (Å²) in [6, 6.07) is 55.6. The number of nitrogens with zero attached hydrogens (tertiary/aromatic N) is 1. The van der Waals surface area contributed by atoms with E-state index in [9.17, 15) is 0 Å². The van der Waals surface area contributed by atoms with Crippen LogP contribution in [0.2, 0.25) is 0 Å². The summed E-state index contributed by atoms with van der Waals surface area (Å²) in [5.74, 6) is 0. The third-order valence-electron chi connectivity index (χ3n) is 8.60. The quantitative estimate of drug-likeness (QED) is 0.191. The molecule has 0 radical (unpaired) electrons. The van der Waals surface area contributed by atoms with Gasteiger partial charge in [0.05, 0.1) is 11.0 Å². The number of fused-ring (bicyclic) bond motifs is 12. The van der Waals surface area contributed by atoms with Crippen molar-refractivity contribution in [1.82, 2.24) is 4.57 Å². The predicted molar refractivity (Wildman–Crippen MR) is 184 cm³/mol. The van der Waals surface area contributed by atoms with Crippen molar-refractivity contribution in [1.29, 1.82) is 0 Å². The Morgan fingerprint density at radius 2 is 0.905 bits per heavy atom. The van der Waals surface area contributed by atoms with E-state index in [1.54, 1.807) is 0 Å². The van der Waals surface area contributed by atoms with Crippen LogP contribution in [0.15, 0.2) is 152 Å². The van der Waals surface area contributed by atoms with Gasteiger partial charge in [0, 0.05) is 25.9 Å². The van der Waals surface area contributed by atoms with E-state index in [2.05, 4.69) is 156 Å². The highest BCUT2D eigenvalue weighted by Crippen LogP contribution is 2.42. The Bertz CT molecular complexity index is 2570. The summed E-state index contributed by atoms with van der Waals surface area (Å²) >= 11 is 1.86. The molecule has 0 atom stereocenters. The zero-order valence-corrected chi connectivity index (χ0v) is 23.6. The first-order chi connectivity index (χ1) is 20.8. The Balaban J connectivity index is 1.64. The van der Waals surface area contributed by atoms with E-state index in [1.165, 1.54) is 80.0 Å². The normalized spacial score (nSPS) is 11.8. The molecule has 0 N–H and O–H groups in total. The molecule has 0 fully saturated rings. The van der Waals surface area contributed by atoms with Gasteiger partial charge in [0.25, 0.3) is 0 Å². The van der Waals surface area contributed by atoms with E-state index in [0.717, 1.165) is 0 Å². The molecule has 2 heteroatoms. The summed E-state index contributed by atoms with van der Waals surface area (Å²) in [5, 5.41) is 12.7. The maximum absolute atomic E-state index is 2.47. The first-order valence-electron chi connectivity index (χ1n) is 14.4. The SMILES string of the molecule is c1ccc(-n2c3cc4c5ccccc5sc5ccccc5c5ccccc5c4cc3c3c4ccccc4ccc32)cc1. The van der Waals surface area contributed by atoms with Crippen LogP contribution in [0.25, 0.3) is 80.0 Å². The van der Waals surface area contributed by atoms with Crippen molar-refractivity contribution in [3.05, 3.63) is 152 Å². The number of benzene rings is 7. The molecule has 0 aliphatic rings. The molecule has 9 aromatic rings. The van der Waals surface area contributed by atoms with Crippen molar-refractivity contribution >= 4 is 85.6 Å². The Hall–Kier alpha value is -5.18. The van der Waals surface area contributed by atoms with Crippen molar-refractivity contribution in [3.63, 3.8) is 0 Å². The van der Waals surface area contributed by atoms with E-state index in [0.29, 0.717) is 0 Å². The second-order valence-corrected chi connectivity index (χ2v) is 12.0. The van der Waals surface area contributed by atoms with Gasteiger partial charge in [-0.1, -0.05) is 109 Å². The van der Waals surface area contributed by atoms with Crippen molar-refractivity contribution in [3.8, 4) is 5.69 Å². The molecule has 0 unspecified atom stereocenters. The van der Waals surface area contributed by atoms with Gasteiger partial charge >= 0.3 is 0 Å². The molecular weight excluding hydrogens is 527 g/mol. The van der Waals surface area contributed by atoms with Crippen LogP contribution in [-0.4, -0.2) is 4.57 Å². The fourth-order valence-electron chi connectivity index (χ4n) is 6.76. The van der Waals surface area contributed by atoms with E-state index in [4.69, 9.17) is 0 Å². The number of hydrogen-bond acceptors (Lipinski definition) is 1. The van der Waals surface area contributed by atoms with Crippen LogP contribution < -0.4 is 0 Å². The molecule has 9 rings (SSSR count). The van der Waals surface area contributed by atoms with Crippen LogP contribution in [-0.2, 0) is 0 Å². The standard InChI is InChI=1S/C40H25NS/c1-2-13-27(14-3-1)41-36-23-22-26-12-4-5-15-28(26)40(36)35-24-33-30-17-7-6-16-29(30)31-18-8-10-20-38(31)42-39-21-11-9-19-32(39)34(33)25-37(35)41/h1-25H. The Kier molecular flexibility index (Phi) is 5.13. The number of aromatic nitrogens is 1. The zero-order chi connectivity index (χ0) is 27.6. The molecule has 0 saturated heterocycles. The summed E-state index contributed by atoms with van der Waals surface area (Å²) in [5.41, 5.74) is 3.62. The average molecular weight is 552 g/mol. The fraction of sp³-hybridized carbons (Fsp3) is 0. The average Bonchev–Trinajstić information content (AvgIpc) is 3.40.